The molecule has 4 rings (SSSR count). The fourth-order valence-electron chi connectivity index (χ4n) is 6.30. The first-order valence-corrected chi connectivity index (χ1v) is 23.7. The van der Waals surface area contributed by atoms with Crippen LogP contribution in [-0.2, 0) is 11.5 Å². The predicted octanol–water partition coefficient (Wildman–Crippen LogP) is 12.4. The number of hydrogen-bond donors (Lipinski definition) is 2. The van der Waals surface area contributed by atoms with E-state index in [2.05, 4.69) is 99.7 Å². The van der Waals surface area contributed by atoms with E-state index >= 15 is 0 Å². The summed E-state index contributed by atoms with van der Waals surface area (Å²) in [4.78, 5) is 0. The monoisotopic (exact) mass is 764 g/mol. The number of aliphatic hydroxyl groups is 2. The van der Waals surface area contributed by atoms with Crippen LogP contribution in [-0.4, -0.2) is 55.8 Å². The molecule has 0 spiro atoms. The average Bonchev–Trinajstić information content (AvgIpc) is 3.70. The summed E-state index contributed by atoms with van der Waals surface area (Å²) in [7, 11) is 0. The van der Waals surface area contributed by atoms with E-state index in [1.165, 1.54) is 94.6 Å². The van der Waals surface area contributed by atoms with E-state index in [0.29, 0.717) is 4.58 Å². The molecule has 0 radical (unpaired) electrons. The lowest BCUT2D eigenvalue weighted by Gasteiger charge is -2.11. The summed E-state index contributed by atoms with van der Waals surface area (Å²) in [5.74, 6) is 4.91. The van der Waals surface area contributed by atoms with Crippen molar-refractivity contribution in [3.8, 4) is 11.5 Å². The van der Waals surface area contributed by atoms with E-state index in [-0.39, 0.29) is 18.0 Å². The zero-order chi connectivity index (χ0) is 35.8. The standard InChI is InChI=1S/C22H36OS2.C20H32O3S2/c1-4-6-7-8-9-10-15-23-20-13-11-19(12-14-20)17-24-22-16-18(3)21(5-2)25-22;1-2-3-4-5-6-7-12-23-17-10-8-16(9-11-17)15-24-20-13-18(22)19(14-21)25-20/h11-14,18,21-22H,4-10,15-17H2,1-3H3;8-11,18-22H,2-7,12-15H2,1H3/t18-,21+,22?;18-,19+,20?/m00/s1. The third-order valence-electron chi connectivity index (χ3n) is 9.55. The minimum atomic E-state index is -0.370. The van der Waals surface area contributed by atoms with Crippen LogP contribution in [0.3, 0.4) is 0 Å². The van der Waals surface area contributed by atoms with Crippen molar-refractivity contribution in [2.45, 2.75) is 161 Å². The lowest BCUT2D eigenvalue weighted by atomic mass is 10.0. The van der Waals surface area contributed by atoms with Gasteiger partial charge in [-0.3, -0.25) is 0 Å². The summed E-state index contributed by atoms with van der Waals surface area (Å²) in [5.41, 5.74) is 2.70. The van der Waals surface area contributed by atoms with E-state index in [1.807, 2.05) is 11.8 Å². The maximum absolute atomic E-state index is 9.85. The maximum atomic E-state index is 9.85. The van der Waals surface area contributed by atoms with Crippen LogP contribution < -0.4 is 9.47 Å². The first kappa shape index (κ1) is 43.8. The van der Waals surface area contributed by atoms with Crippen molar-refractivity contribution >= 4 is 47.0 Å². The first-order chi connectivity index (χ1) is 24.4. The lowest BCUT2D eigenvalue weighted by Crippen LogP contribution is -2.20. The molecule has 2 aliphatic heterocycles. The molecule has 0 aliphatic carbocycles. The van der Waals surface area contributed by atoms with Crippen LogP contribution in [0.15, 0.2) is 48.5 Å². The van der Waals surface area contributed by atoms with Gasteiger partial charge in [-0.25, -0.2) is 0 Å². The fourth-order valence-corrected chi connectivity index (χ4v) is 12.6. The van der Waals surface area contributed by atoms with Gasteiger partial charge in [-0.2, -0.15) is 0 Å². The number of hydrogen-bond acceptors (Lipinski definition) is 8. The highest BCUT2D eigenvalue weighted by Crippen LogP contribution is 2.46. The molecule has 50 heavy (non-hydrogen) atoms. The summed E-state index contributed by atoms with van der Waals surface area (Å²) < 4.78 is 12.8. The topological polar surface area (TPSA) is 58.9 Å². The Morgan fingerprint density at radius 2 is 1.06 bits per heavy atom. The molecule has 2 saturated heterocycles. The molecule has 8 heteroatoms. The molecule has 2 fully saturated rings. The Bertz CT molecular complexity index is 1010. The zero-order valence-electron chi connectivity index (χ0n) is 31.6. The van der Waals surface area contributed by atoms with Crippen molar-refractivity contribution in [2.75, 3.05) is 19.8 Å². The quantitative estimate of drug-likeness (QED) is 0.103. The van der Waals surface area contributed by atoms with Crippen LogP contribution in [0.25, 0.3) is 0 Å². The van der Waals surface area contributed by atoms with Gasteiger partial charge in [0.05, 0.1) is 40.3 Å². The van der Waals surface area contributed by atoms with Crippen molar-refractivity contribution in [2.24, 2.45) is 5.92 Å². The van der Waals surface area contributed by atoms with Gasteiger partial charge in [-0.1, -0.05) is 116 Å². The minimum absolute atomic E-state index is 0.0183. The van der Waals surface area contributed by atoms with Gasteiger partial charge < -0.3 is 19.7 Å². The Morgan fingerprint density at radius 3 is 1.48 bits per heavy atom. The molecule has 2 N–H and O–H groups in total. The lowest BCUT2D eigenvalue weighted by molar-refractivity contribution is 0.144. The normalized spacial score (nSPS) is 23.1. The summed E-state index contributed by atoms with van der Waals surface area (Å²) in [6.45, 7) is 11.0. The van der Waals surface area contributed by atoms with Crippen LogP contribution in [0.2, 0.25) is 0 Å². The van der Waals surface area contributed by atoms with Gasteiger partial charge in [0, 0.05) is 16.8 Å². The summed E-state index contributed by atoms with van der Waals surface area (Å²) in [6, 6.07) is 17.1. The molecule has 284 valence electrons. The molecule has 6 atom stereocenters. The van der Waals surface area contributed by atoms with E-state index in [9.17, 15) is 10.2 Å². The molecule has 2 aromatic carbocycles. The highest BCUT2D eigenvalue weighted by molar-refractivity contribution is 8.17. The third kappa shape index (κ3) is 17.9. The molecular weight excluding hydrogens is 697 g/mol. The van der Waals surface area contributed by atoms with Gasteiger partial charge in [0.25, 0.3) is 0 Å². The van der Waals surface area contributed by atoms with Crippen LogP contribution in [0.5, 0.6) is 11.5 Å². The second-order valence-corrected chi connectivity index (χ2v) is 19.8. The van der Waals surface area contributed by atoms with Crippen molar-refractivity contribution in [1.82, 2.24) is 0 Å². The van der Waals surface area contributed by atoms with Crippen LogP contribution >= 0.6 is 47.0 Å². The highest BCUT2D eigenvalue weighted by Gasteiger charge is 2.33. The van der Waals surface area contributed by atoms with Crippen LogP contribution in [0, 0.1) is 5.92 Å². The van der Waals surface area contributed by atoms with E-state index in [0.717, 1.165) is 64.8 Å². The summed E-state index contributed by atoms with van der Waals surface area (Å²) in [5, 5.41) is 19.9. The number of thioether (sulfide) groups is 4. The van der Waals surface area contributed by atoms with Gasteiger partial charge in [-0.15, -0.1) is 47.0 Å². The van der Waals surface area contributed by atoms with Crippen molar-refractivity contribution in [1.29, 1.82) is 0 Å². The first-order valence-electron chi connectivity index (χ1n) is 19.7. The van der Waals surface area contributed by atoms with Crippen molar-refractivity contribution in [3.63, 3.8) is 0 Å². The largest absolute Gasteiger partial charge is 0.494 e. The Balaban J connectivity index is 0.000000270. The van der Waals surface area contributed by atoms with E-state index in [4.69, 9.17) is 9.47 Å². The molecule has 2 aromatic rings. The maximum Gasteiger partial charge on any atom is 0.119 e. The zero-order valence-corrected chi connectivity index (χ0v) is 34.8. The molecule has 0 amide bonds. The van der Waals surface area contributed by atoms with Gasteiger partial charge in [0.2, 0.25) is 0 Å². The molecule has 0 saturated carbocycles. The highest BCUT2D eigenvalue weighted by atomic mass is 32.2. The summed E-state index contributed by atoms with van der Waals surface area (Å²) in [6.07, 6.45) is 18.7. The Labute approximate surface area is 323 Å². The summed E-state index contributed by atoms with van der Waals surface area (Å²) >= 11 is 7.87. The molecule has 2 aliphatic rings. The second kappa shape index (κ2) is 27.0. The van der Waals surface area contributed by atoms with Crippen LogP contribution in [0.1, 0.15) is 135 Å². The van der Waals surface area contributed by atoms with E-state index < -0.39 is 0 Å². The van der Waals surface area contributed by atoms with E-state index in [1.54, 1.807) is 11.8 Å². The SMILES string of the molecule is CCCCCCCCOc1ccc(CSC2C[C@H](C)[C@@H](CC)S2)cc1.CCCCCCCCOc1ccc(CSC2C[C@H](O)[C@@H](CO)S2)cc1. The predicted molar refractivity (Wildman–Crippen MR) is 225 cm³/mol. The average molecular weight is 765 g/mol. The van der Waals surface area contributed by atoms with Crippen molar-refractivity contribution in [3.05, 3.63) is 59.7 Å². The van der Waals surface area contributed by atoms with Gasteiger partial charge in [0.1, 0.15) is 11.5 Å². The van der Waals surface area contributed by atoms with Gasteiger partial charge in [-0.05, 0) is 73.4 Å². The fraction of sp³-hybridized carbons (Fsp3) is 0.714. The molecule has 2 heterocycles. The molecule has 0 bridgehead atoms. The Kier molecular flexibility index (Phi) is 23.6. The number of ether oxygens (including phenoxy) is 2. The number of rotatable bonds is 24. The number of unbranched alkanes of at least 4 members (excludes halogenated alkanes) is 10. The molecular formula is C42H68O4S4. The minimum Gasteiger partial charge on any atom is -0.494 e. The number of aliphatic hydroxyl groups excluding tert-OH is 2. The van der Waals surface area contributed by atoms with Gasteiger partial charge >= 0.3 is 0 Å². The second-order valence-electron chi connectivity index (χ2n) is 14.0. The Morgan fingerprint density at radius 1 is 0.620 bits per heavy atom. The van der Waals surface area contributed by atoms with Crippen LogP contribution in [0.4, 0.5) is 0 Å². The third-order valence-corrected chi connectivity index (χ3v) is 16.1. The van der Waals surface area contributed by atoms with Crippen molar-refractivity contribution < 1.29 is 19.7 Å². The number of benzene rings is 2. The Hall–Kier alpha value is -0.640. The van der Waals surface area contributed by atoms with Gasteiger partial charge in [0.15, 0.2) is 0 Å². The molecule has 2 unspecified atom stereocenters. The molecule has 0 aromatic heterocycles. The molecule has 4 nitrogen and oxygen atoms in total. The smallest absolute Gasteiger partial charge is 0.119 e.